The summed E-state index contributed by atoms with van der Waals surface area (Å²) < 4.78 is 0. The maximum Gasteiger partial charge on any atom is 0.304 e. The number of amidine groups is 2. The summed E-state index contributed by atoms with van der Waals surface area (Å²) in [5.74, 6) is -3.18. The van der Waals surface area contributed by atoms with E-state index in [-0.39, 0.29) is 11.7 Å². The number of carboxylic acid groups (broad SMARTS) is 1. The molecule has 0 bridgehead atoms. The Labute approximate surface area is 160 Å². The van der Waals surface area contributed by atoms with Gasteiger partial charge in [-0.2, -0.15) is 0 Å². The zero-order valence-electron chi connectivity index (χ0n) is 14.4. The molecule has 8 heteroatoms. The van der Waals surface area contributed by atoms with Crippen molar-refractivity contribution in [2.75, 3.05) is 9.80 Å². The quantitative estimate of drug-likeness (QED) is 0.551. The van der Waals surface area contributed by atoms with Crippen molar-refractivity contribution in [1.82, 2.24) is 0 Å². The first-order chi connectivity index (χ1) is 12.8. The van der Waals surface area contributed by atoms with Crippen molar-refractivity contribution in [3.8, 4) is 0 Å². The van der Waals surface area contributed by atoms with E-state index in [2.05, 4.69) is 0 Å². The third-order valence-corrected chi connectivity index (χ3v) is 4.50. The number of benzene rings is 2. The van der Waals surface area contributed by atoms with Gasteiger partial charge in [0.15, 0.2) is 0 Å². The highest BCUT2D eigenvalue weighted by molar-refractivity contribution is 6.31. The molecule has 2 aromatic rings. The molecule has 3 rings (SSSR count). The number of fused-ring (bicyclic) bond motifs is 1. The fourth-order valence-corrected chi connectivity index (χ4v) is 3.22. The monoisotopic (exact) mass is 384 g/mol. The third kappa shape index (κ3) is 3.41. The Kier molecular flexibility index (Phi) is 4.96. The molecule has 3 N–H and O–H groups in total. The highest BCUT2D eigenvalue weighted by Gasteiger charge is 2.40. The zero-order chi connectivity index (χ0) is 19.7. The molecule has 1 amide bonds. The first kappa shape index (κ1) is 18.6. The van der Waals surface area contributed by atoms with Gasteiger partial charge in [0.05, 0.1) is 17.8 Å². The van der Waals surface area contributed by atoms with Gasteiger partial charge in [-0.15, -0.1) is 0 Å². The second kappa shape index (κ2) is 7.20. The van der Waals surface area contributed by atoms with Gasteiger partial charge >= 0.3 is 5.97 Å². The number of anilines is 3. The Morgan fingerprint density at radius 1 is 1.15 bits per heavy atom. The summed E-state index contributed by atoms with van der Waals surface area (Å²) in [7, 11) is 0. The van der Waals surface area contributed by atoms with Crippen LogP contribution in [0.2, 0.25) is 5.02 Å². The lowest BCUT2D eigenvalue weighted by atomic mass is 10.0. The fourth-order valence-electron chi connectivity index (χ4n) is 3.10. The van der Waals surface area contributed by atoms with Crippen LogP contribution in [0.1, 0.15) is 13.3 Å². The smallest absolute Gasteiger partial charge is 0.304 e. The maximum atomic E-state index is 13.3. The van der Waals surface area contributed by atoms with Crippen molar-refractivity contribution in [2.45, 2.75) is 13.3 Å². The van der Waals surface area contributed by atoms with Crippen molar-refractivity contribution < 1.29 is 14.7 Å². The number of carboxylic acids is 1. The molecule has 1 aliphatic heterocycles. The predicted molar refractivity (Wildman–Crippen MR) is 104 cm³/mol. The average Bonchev–Trinajstić information content (AvgIpc) is 2.70. The zero-order valence-corrected chi connectivity index (χ0v) is 15.2. The first-order valence-corrected chi connectivity index (χ1v) is 8.53. The van der Waals surface area contributed by atoms with Crippen LogP contribution < -0.4 is 9.80 Å². The van der Waals surface area contributed by atoms with E-state index >= 15 is 0 Å². The van der Waals surface area contributed by atoms with E-state index in [1.165, 1.54) is 16.7 Å². The van der Waals surface area contributed by atoms with Crippen molar-refractivity contribution in [3.05, 3.63) is 53.6 Å². The predicted octanol–water partition coefficient (Wildman–Crippen LogP) is 3.89. The number of carbonyl (C=O) groups excluding carboxylic acids is 1. The molecule has 1 heterocycles. The maximum absolute atomic E-state index is 13.3. The lowest BCUT2D eigenvalue weighted by molar-refractivity contribution is -0.139. The Hall–Kier alpha value is -3.19. The molecule has 1 unspecified atom stereocenters. The lowest BCUT2D eigenvalue weighted by Crippen LogP contribution is -2.43. The Morgan fingerprint density at radius 2 is 1.74 bits per heavy atom. The number of halogens is 1. The number of nitrogens with one attached hydrogen (secondary N) is 2. The van der Waals surface area contributed by atoms with Crippen molar-refractivity contribution in [2.24, 2.45) is 5.92 Å². The number of para-hydroxylation sites is 2. The topological polar surface area (TPSA) is 109 Å². The number of hydrogen-bond acceptors (Lipinski definition) is 4. The number of aliphatic carboxylic acids is 1. The Balaban J connectivity index is 2.26. The van der Waals surface area contributed by atoms with Gasteiger partial charge in [0, 0.05) is 10.7 Å². The highest BCUT2D eigenvalue weighted by Crippen LogP contribution is 2.40. The Morgan fingerprint density at radius 3 is 2.30 bits per heavy atom. The largest absolute Gasteiger partial charge is 0.481 e. The second-order valence-corrected chi connectivity index (χ2v) is 6.53. The SMILES string of the molecule is CC(=N)N1C(=N)C(CC(=O)O)C(=O)N(c2ccc(Cl)cc2)c2ccccc21. The van der Waals surface area contributed by atoms with Gasteiger partial charge in [-0.25, -0.2) is 0 Å². The van der Waals surface area contributed by atoms with E-state index in [4.69, 9.17) is 22.4 Å². The van der Waals surface area contributed by atoms with Gasteiger partial charge in [0.25, 0.3) is 0 Å². The van der Waals surface area contributed by atoms with Gasteiger partial charge in [0.2, 0.25) is 5.91 Å². The van der Waals surface area contributed by atoms with E-state index in [1.54, 1.807) is 48.5 Å². The third-order valence-electron chi connectivity index (χ3n) is 4.25. The van der Waals surface area contributed by atoms with Crippen LogP contribution in [-0.2, 0) is 9.59 Å². The summed E-state index contributed by atoms with van der Waals surface area (Å²) in [6, 6.07) is 13.5. The van der Waals surface area contributed by atoms with Gasteiger partial charge in [-0.05, 0) is 43.3 Å². The number of amides is 1. The molecule has 0 saturated heterocycles. The van der Waals surface area contributed by atoms with E-state index < -0.39 is 24.2 Å². The summed E-state index contributed by atoms with van der Waals surface area (Å²) in [5, 5.41) is 26.3. The van der Waals surface area contributed by atoms with Gasteiger partial charge in [-0.3, -0.25) is 30.2 Å². The van der Waals surface area contributed by atoms with Gasteiger partial charge in [0.1, 0.15) is 17.6 Å². The standard InChI is InChI=1S/C19H17ClN4O3/c1-11(21)23-15-4-2-3-5-16(15)24(13-8-6-12(20)7-9-13)19(27)14(18(23)22)10-17(25)26/h2-9,14,21-22H,10H2,1H3,(H,25,26). The van der Waals surface area contributed by atoms with E-state index in [9.17, 15) is 14.7 Å². The van der Waals surface area contributed by atoms with Crippen LogP contribution >= 0.6 is 11.6 Å². The van der Waals surface area contributed by atoms with E-state index in [1.807, 2.05) is 0 Å². The molecular weight excluding hydrogens is 368 g/mol. The molecule has 0 radical (unpaired) electrons. The Bertz CT molecular complexity index is 942. The van der Waals surface area contributed by atoms with Crippen LogP contribution in [-0.4, -0.2) is 28.7 Å². The van der Waals surface area contributed by atoms with Crippen LogP contribution in [0.3, 0.4) is 0 Å². The van der Waals surface area contributed by atoms with E-state index in [0.717, 1.165) is 0 Å². The molecule has 27 heavy (non-hydrogen) atoms. The van der Waals surface area contributed by atoms with E-state index in [0.29, 0.717) is 22.1 Å². The lowest BCUT2D eigenvalue weighted by Gasteiger charge is -2.25. The summed E-state index contributed by atoms with van der Waals surface area (Å²) in [4.78, 5) is 27.3. The van der Waals surface area contributed by atoms with Crippen LogP contribution in [0.4, 0.5) is 17.1 Å². The second-order valence-electron chi connectivity index (χ2n) is 6.10. The van der Waals surface area contributed by atoms with Crippen LogP contribution in [0, 0.1) is 16.7 Å². The minimum atomic E-state index is -1.23. The molecule has 7 nitrogen and oxygen atoms in total. The molecule has 0 saturated carbocycles. The fraction of sp³-hybridized carbons (Fsp3) is 0.158. The average molecular weight is 385 g/mol. The van der Waals surface area contributed by atoms with Gasteiger partial charge in [-0.1, -0.05) is 23.7 Å². The molecule has 2 aromatic carbocycles. The normalized spacial score (nSPS) is 16.7. The molecule has 0 spiro atoms. The highest BCUT2D eigenvalue weighted by atomic mass is 35.5. The minimum Gasteiger partial charge on any atom is -0.481 e. The summed E-state index contributed by atoms with van der Waals surface area (Å²) in [5.41, 5.74) is 1.43. The van der Waals surface area contributed by atoms with Crippen molar-refractivity contribution >= 4 is 52.2 Å². The molecule has 1 aliphatic rings. The summed E-state index contributed by atoms with van der Waals surface area (Å²) in [6.07, 6.45) is -0.542. The first-order valence-electron chi connectivity index (χ1n) is 8.15. The van der Waals surface area contributed by atoms with Crippen LogP contribution in [0.15, 0.2) is 48.5 Å². The molecule has 1 atom stereocenters. The molecular formula is C19H17ClN4O3. The summed E-state index contributed by atoms with van der Waals surface area (Å²) >= 11 is 5.95. The molecule has 0 fully saturated rings. The number of carbonyl (C=O) groups is 2. The van der Waals surface area contributed by atoms with Crippen LogP contribution in [0.5, 0.6) is 0 Å². The molecule has 138 valence electrons. The summed E-state index contributed by atoms with van der Waals surface area (Å²) in [6.45, 7) is 1.49. The number of nitrogens with zero attached hydrogens (tertiary/aromatic N) is 2. The number of hydrogen-bond donors (Lipinski definition) is 3. The molecule has 0 aromatic heterocycles. The van der Waals surface area contributed by atoms with Crippen LogP contribution in [0.25, 0.3) is 0 Å². The van der Waals surface area contributed by atoms with Crippen molar-refractivity contribution in [3.63, 3.8) is 0 Å². The molecule has 0 aliphatic carbocycles. The number of rotatable bonds is 3. The minimum absolute atomic E-state index is 0.0218. The van der Waals surface area contributed by atoms with Crippen molar-refractivity contribution in [1.29, 1.82) is 10.8 Å². The van der Waals surface area contributed by atoms with Gasteiger partial charge < -0.3 is 5.11 Å².